The Hall–Kier alpha value is -1.02. The summed E-state index contributed by atoms with van der Waals surface area (Å²) in [4.78, 5) is 11.8. The van der Waals surface area contributed by atoms with E-state index in [9.17, 15) is 4.79 Å². The van der Waals surface area contributed by atoms with Crippen LogP contribution >= 0.6 is 11.6 Å². The number of carbonyl (C=O) groups excluding carboxylic acids is 1. The van der Waals surface area contributed by atoms with Crippen LogP contribution in [-0.2, 0) is 11.2 Å². The largest absolute Gasteiger partial charge is 0.349 e. The molecular weight excluding hydrogens is 246 g/mol. The predicted octanol–water partition coefficient (Wildman–Crippen LogP) is 3.29. The zero-order chi connectivity index (χ0) is 12.8. The van der Waals surface area contributed by atoms with Gasteiger partial charge in [0.2, 0.25) is 5.91 Å². The highest BCUT2D eigenvalue weighted by molar-refractivity contribution is 6.18. The zero-order valence-electron chi connectivity index (χ0n) is 10.6. The minimum atomic E-state index is -0.0919. The molecule has 0 unspecified atom stereocenters. The van der Waals surface area contributed by atoms with Crippen LogP contribution in [0.1, 0.15) is 37.7 Å². The van der Waals surface area contributed by atoms with E-state index in [4.69, 9.17) is 11.6 Å². The fourth-order valence-electron chi connectivity index (χ4n) is 2.35. The summed E-state index contributed by atoms with van der Waals surface area (Å²) in [5.74, 6) is 0.684. The zero-order valence-corrected chi connectivity index (χ0v) is 11.4. The van der Waals surface area contributed by atoms with Crippen LogP contribution in [0.5, 0.6) is 0 Å². The Morgan fingerprint density at radius 2 is 2.00 bits per heavy atom. The summed E-state index contributed by atoms with van der Waals surface area (Å²) in [5, 5.41) is 3.09. The SMILES string of the molecule is O=C(CCCc1ccccc1)NC1(CCl)CCC1. The number of carbonyl (C=O) groups is 1. The quantitative estimate of drug-likeness (QED) is 0.786. The number of amides is 1. The first kappa shape index (κ1) is 13.4. The van der Waals surface area contributed by atoms with E-state index in [0.29, 0.717) is 12.3 Å². The van der Waals surface area contributed by atoms with E-state index < -0.39 is 0 Å². The molecule has 1 fully saturated rings. The minimum Gasteiger partial charge on any atom is -0.349 e. The molecular formula is C15H20ClNO. The molecule has 3 heteroatoms. The van der Waals surface area contributed by atoms with Gasteiger partial charge in [-0.15, -0.1) is 11.6 Å². The second kappa shape index (κ2) is 6.24. The molecule has 1 aromatic rings. The maximum Gasteiger partial charge on any atom is 0.220 e. The molecule has 2 rings (SSSR count). The Bertz CT molecular complexity index is 381. The fourth-order valence-corrected chi connectivity index (χ4v) is 2.69. The molecule has 0 atom stereocenters. The highest BCUT2D eigenvalue weighted by atomic mass is 35.5. The number of hydrogen-bond acceptors (Lipinski definition) is 1. The maximum absolute atomic E-state index is 11.8. The molecule has 1 amide bonds. The third kappa shape index (κ3) is 3.49. The van der Waals surface area contributed by atoms with Crippen LogP contribution in [0.15, 0.2) is 30.3 Å². The number of nitrogens with one attached hydrogen (secondary N) is 1. The van der Waals surface area contributed by atoms with Crippen LogP contribution in [0.2, 0.25) is 0 Å². The summed E-state index contributed by atoms with van der Waals surface area (Å²) in [6.45, 7) is 0. The third-order valence-electron chi connectivity index (χ3n) is 3.68. The number of aryl methyl sites for hydroxylation is 1. The smallest absolute Gasteiger partial charge is 0.220 e. The van der Waals surface area contributed by atoms with Crippen molar-refractivity contribution in [1.82, 2.24) is 5.32 Å². The fraction of sp³-hybridized carbons (Fsp3) is 0.533. The molecule has 1 N–H and O–H groups in total. The average molecular weight is 266 g/mol. The third-order valence-corrected chi connectivity index (χ3v) is 4.19. The normalized spacial score (nSPS) is 16.9. The van der Waals surface area contributed by atoms with Crippen molar-refractivity contribution >= 4 is 17.5 Å². The van der Waals surface area contributed by atoms with Gasteiger partial charge in [-0.05, 0) is 37.7 Å². The van der Waals surface area contributed by atoms with Gasteiger partial charge in [-0.25, -0.2) is 0 Å². The van der Waals surface area contributed by atoms with E-state index in [1.54, 1.807) is 0 Å². The number of halogens is 1. The number of rotatable bonds is 6. The lowest BCUT2D eigenvalue weighted by Crippen LogP contribution is -2.54. The number of benzene rings is 1. The summed E-state index contributed by atoms with van der Waals surface area (Å²) < 4.78 is 0. The lowest BCUT2D eigenvalue weighted by molar-refractivity contribution is -0.123. The highest BCUT2D eigenvalue weighted by Gasteiger charge is 2.37. The van der Waals surface area contributed by atoms with Crippen LogP contribution in [0, 0.1) is 0 Å². The Labute approximate surface area is 114 Å². The molecule has 0 radical (unpaired) electrons. The summed E-state index contributed by atoms with van der Waals surface area (Å²) >= 11 is 5.92. The van der Waals surface area contributed by atoms with Crippen molar-refractivity contribution in [3.05, 3.63) is 35.9 Å². The topological polar surface area (TPSA) is 29.1 Å². The summed E-state index contributed by atoms with van der Waals surface area (Å²) in [5.41, 5.74) is 1.20. The van der Waals surface area contributed by atoms with E-state index in [-0.39, 0.29) is 11.4 Å². The first-order chi connectivity index (χ1) is 8.74. The van der Waals surface area contributed by atoms with Crippen molar-refractivity contribution in [3.63, 3.8) is 0 Å². The lowest BCUT2D eigenvalue weighted by Gasteiger charge is -2.41. The van der Waals surface area contributed by atoms with Crippen LogP contribution in [0.3, 0.4) is 0 Å². The molecule has 18 heavy (non-hydrogen) atoms. The van der Waals surface area contributed by atoms with Crippen molar-refractivity contribution in [3.8, 4) is 0 Å². The van der Waals surface area contributed by atoms with Crippen molar-refractivity contribution in [2.45, 2.75) is 44.1 Å². The van der Waals surface area contributed by atoms with Crippen LogP contribution in [0.4, 0.5) is 0 Å². The van der Waals surface area contributed by atoms with E-state index in [0.717, 1.165) is 25.7 Å². The van der Waals surface area contributed by atoms with Gasteiger partial charge in [-0.2, -0.15) is 0 Å². The molecule has 0 aromatic heterocycles. The predicted molar refractivity (Wildman–Crippen MR) is 74.8 cm³/mol. The van der Waals surface area contributed by atoms with Gasteiger partial charge in [-0.1, -0.05) is 30.3 Å². The van der Waals surface area contributed by atoms with Crippen LogP contribution in [0.25, 0.3) is 0 Å². The molecule has 1 aliphatic rings. The monoisotopic (exact) mass is 265 g/mol. The van der Waals surface area contributed by atoms with Crippen LogP contribution < -0.4 is 5.32 Å². The highest BCUT2D eigenvalue weighted by Crippen LogP contribution is 2.32. The second-order valence-electron chi connectivity index (χ2n) is 5.15. The average Bonchev–Trinajstić information content (AvgIpc) is 2.35. The summed E-state index contributed by atoms with van der Waals surface area (Å²) in [6, 6.07) is 10.3. The minimum absolute atomic E-state index is 0.0919. The molecule has 0 aliphatic heterocycles. The van der Waals surface area contributed by atoms with E-state index in [1.165, 1.54) is 12.0 Å². The summed E-state index contributed by atoms with van der Waals surface area (Å²) in [6.07, 6.45) is 5.68. The molecule has 1 saturated carbocycles. The van der Waals surface area contributed by atoms with E-state index >= 15 is 0 Å². The van der Waals surface area contributed by atoms with Crippen molar-refractivity contribution in [2.75, 3.05) is 5.88 Å². The van der Waals surface area contributed by atoms with Crippen molar-refractivity contribution < 1.29 is 4.79 Å². The van der Waals surface area contributed by atoms with Gasteiger partial charge >= 0.3 is 0 Å². The van der Waals surface area contributed by atoms with E-state index in [2.05, 4.69) is 17.4 Å². The molecule has 0 heterocycles. The van der Waals surface area contributed by atoms with Crippen LogP contribution in [-0.4, -0.2) is 17.3 Å². The molecule has 0 saturated heterocycles. The van der Waals surface area contributed by atoms with Gasteiger partial charge in [0.1, 0.15) is 0 Å². The molecule has 1 aliphatic carbocycles. The van der Waals surface area contributed by atoms with Gasteiger partial charge in [0.05, 0.1) is 5.54 Å². The standard InChI is InChI=1S/C15H20ClNO/c16-12-15(10-5-11-15)17-14(18)9-4-8-13-6-2-1-3-7-13/h1-3,6-7H,4-5,8-12H2,(H,17,18). The first-order valence-electron chi connectivity index (χ1n) is 6.65. The van der Waals surface area contributed by atoms with E-state index in [1.807, 2.05) is 18.2 Å². The molecule has 98 valence electrons. The molecule has 1 aromatic carbocycles. The lowest BCUT2D eigenvalue weighted by atomic mass is 9.78. The molecule has 0 spiro atoms. The number of alkyl halides is 1. The first-order valence-corrected chi connectivity index (χ1v) is 7.18. The second-order valence-corrected chi connectivity index (χ2v) is 5.42. The Morgan fingerprint density at radius 3 is 2.56 bits per heavy atom. The maximum atomic E-state index is 11.8. The van der Waals surface area contributed by atoms with Crippen molar-refractivity contribution in [1.29, 1.82) is 0 Å². The number of hydrogen-bond donors (Lipinski definition) is 1. The Morgan fingerprint density at radius 1 is 1.28 bits per heavy atom. The molecule has 2 nitrogen and oxygen atoms in total. The Kier molecular flexibility index (Phi) is 4.65. The summed E-state index contributed by atoms with van der Waals surface area (Å²) in [7, 11) is 0. The van der Waals surface area contributed by atoms with Gasteiger partial charge in [0.15, 0.2) is 0 Å². The van der Waals surface area contributed by atoms with Gasteiger partial charge in [0, 0.05) is 12.3 Å². The molecule has 0 bridgehead atoms. The van der Waals surface area contributed by atoms with Gasteiger partial charge < -0.3 is 5.32 Å². The van der Waals surface area contributed by atoms with Gasteiger partial charge in [-0.3, -0.25) is 4.79 Å². The van der Waals surface area contributed by atoms with Gasteiger partial charge in [0.25, 0.3) is 0 Å². The van der Waals surface area contributed by atoms with Crippen molar-refractivity contribution in [2.24, 2.45) is 0 Å². The Balaban J connectivity index is 1.69.